The molecule has 0 spiro atoms. The van der Waals surface area contributed by atoms with Crippen molar-refractivity contribution in [3.05, 3.63) is 47.5 Å². The van der Waals surface area contributed by atoms with Crippen LogP contribution in [0.4, 0.5) is 0 Å². The van der Waals surface area contributed by atoms with E-state index in [0.717, 1.165) is 29.1 Å². The molecule has 2 heterocycles. The molecule has 3 rings (SSSR count). The van der Waals surface area contributed by atoms with Gasteiger partial charge in [0, 0.05) is 5.69 Å². The number of nitrogens with zero attached hydrogens (tertiary/aromatic N) is 6. The number of aryl methyl sites for hydroxylation is 2. The Morgan fingerprint density at radius 1 is 1.19 bits per heavy atom. The zero-order valence-corrected chi connectivity index (χ0v) is 15.4. The third-order valence-electron chi connectivity index (χ3n) is 3.69. The Morgan fingerprint density at radius 3 is 2.73 bits per heavy atom. The Hall–Kier alpha value is -3.16. The minimum absolute atomic E-state index is 0.529. The first kappa shape index (κ1) is 17.7. The summed E-state index contributed by atoms with van der Waals surface area (Å²) in [7, 11) is 1.62. The number of methoxy groups -OCH3 is 1. The average Bonchev–Trinajstić information content (AvgIpc) is 3.23. The van der Waals surface area contributed by atoms with Gasteiger partial charge in [-0.05, 0) is 50.1 Å². The lowest BCUT2D eigenvalue weighted by atomic mass is 10.2. The summed E-state index contributed by atoms with van der Waals surface area (Å²) in [6, 6.07) is 7.65. The van der Waals surface area contributed by atoms with E-state index in [9.17, 15) is 0 Å². The number of aromatic nitrogens is 5. The summed E-state index contributed by atoms with van der Waals surface area (Å²) in [6.45, 7) is 6.61. The molecule has 0 radical (unpaired) electrons. The molecule has 136 valence electrons. The minimum Gasteiger partial charge on any atom is -0.493 e. The Kier molecular flexibility index (Phi) is 5.31. The number of hydrogen-bond donors (Lipinski definition) is 0. The molecule has 0 aliphatic heterocycles. The van der Waals surface area contributed by atoms with Crippen molar-refractivity contribution in [1.82, 2.24) is 24.7 Å². The highest BCUT2D eigenvalue weighted by atomic mass is 16.5. The Bertz CT molecular complexity index is 912. The summed E-state index contributed by atoms with van der Waals surface area (Å²) in [6.07, 6.45) is 4.19. The van der Waals surface area contributed by atoms with Crippen LogP contribution < -0.4 is 9.47 Å². The molecule has 1 aromatic carbocycles. The summed E-state index contributed by atoms with van der Waals surface area (Å²) in [5, 5.41) is 16.9. The van der Waals surface area contributed by atoms with Gasteiger partial charge in [0.25, 0.3) is 5.95 Å². The molecule has 0 bridgehead atoms. The van der Waals surface area contributed by atoms with Crippen molar-refractivity contribution in [2.24, 2.45) is 5.10 Å². The van der Waals surface area contributed by atoms with Crippen molar-refractivity contribution >= 4 is 6.21 Å². The lowest BCUT2D eigenvalue weighted by Gasteiger charge is -2.10. The van der Waals surface area contributed by atoms with Crippen LogP contribution in [0.25, 0.3) is 5.95 Å². The van der Waals surface area contributed by atoms with Gasteiger partial charge >= 0.3 is 0 Å². The molecular formula is C18H22N6O2. The van der Waals surface area contributed by atoms with Crippen LogP contribution in [0.5, 0.6) is 11.5 Å². The monoisotopic (exact) mass is 354 g/mol. The van der Waals surface area contributed by atoms with E-state index < -0.39 is 0 Å². The van der Waals surface area contributed by atoms with Crippen LogP contribution in [0.1, 0.15) is 30.3 Å². The molecule has 0 atom stereocenters. The predicted octanol–water partition coefficient (Wildman–Crippen LogP) is 2.76. The van der Waals surface area contributed by atoms with Crippen LogP contribution in [0, 0.1) is 13.8 Å². The predicted molar refractivity (Wildman–Crippen MR) is 98.4 cm³/mol. The lowest BCUT2D eigenvalue weighted by molar-refractivity contribution is 0.294. The van der Waals surface area contributed by atoms with Gasteiger partial charge in [-0.3, -0.25) is 0 Å². The standard InChI is InChI=1S/C18H22N6O2/c1-5-8-26-16-7-6-15(10-17(16)25-4)11-20-23-12-19-21-18(23)24-14(3)9-13(2)22-24/h6-7,9-12H,5,8H2,1-4H3/b20-11-. The van der Waals surface area contributed by atoms with Crippen LogP contribution in [0.2, 0.25) is 0 Å². The van der Waals surface area contributed by atoms with Gasteiger partial charge in [0.05, 0.1) is 25.6 Å². The second-order valence-corrected chi connectivity index (χ2v) is 5.82. The largest absolute Gasteiger partial charge is 0.493 e. The van der Waals surface area contributed by atoms with Crippen molar-refractivity contribution in [2.45, 2.75) is 27.2 Å². The SMILES string of the molecule is CCCOc1ccc(/C=N\n2cnnc2-n2nc(C)cc2C)cc1OC. The number of ether oxygens (including phenoxy) is 2. The van der Waals surface area contributed by atoms with E-state index >= 15 is 0 Å². The first-order valence-electron chi connectivity index (χ1n) is 8.41. The molecule has 0 saturated heterocycles. The molecule has 0 aliphatic carbocycles. The molecule has 3 aromatic rings. The highest BCUT2D eigenvalue weighted by Gasteiger charge is 2.10. The van der Waals surface area contributed by atoms with E-state index in [4.69, 9.17) is 9.47 Å². The van der Waals surface area contributed by atoms with Gasteiger partial charge in [0.2, 0.25) is 0 Å². The zero-order chi connectivity index (χ0) is 18.5. The van der Waals surface area contributed by atoms with Gasteiger partial charge in [0.15, 0.2) is 11.5 Å². The van der Waals surface area contributed by atoms with Gasteiger partial charge in [0.1, 0.15) is 6.33 Å². The molecule has 0 saturated carbocycles. The second kappa shape index (κ2) is 7.81. The molecule has 0 fully saturated rings. The summed E-state index contributed by atoms with van der Waals surface area (Å²) < 4.78 is 14.4. The number of benzene rings is 1. The van der Waals surface area contributed by atoms with Crippen LogP contribution >= 0.6 is 0 Å². The zero-order valence-electron chi connectivity index (χ0n) is 15.4. The summed E-state index contributed by atoms with van der Waals surface area (Å²) >= 11 is 0. The summed E-state index contributed by atoms with van der Waals surface area (Å²) in [5.74, 6) is 1.92. The van der Waals surface area contributed by atoms with Gasteiger partial charge in [-0.2, -0.15) is 14.9 Å². The van der Waals surface area contributed by atoms with Crippen molar-refractivity contribution < 1.29 is 9.47 Å². The fourth-order valence-electron chi connectivity index (χ4n) is 2.50. The molecule has 0 aliphatic rings. The number of hydrogen-bond acceptors (Lipinski definition) is 6. The normalized spacial score (nSPS) is 11.2. The van der Waals surface area contributed by atoms with E-state index in [1.54, 1.807) is 22.7 Å². The topological polar surface area (TPSA) is 79.4 Å². The smallest absolute Gasteiger partial charge is 0.273 e. The van der Waals surface area contributed by atoms with Crippen molar-refractivity contribution in [2.75, 3.05) is 13.7 Å². The summed E-state index contributed by atoms with van der Waals surface area (Å²) in [4.78, 5) is 0. The first-order valence-corrected chi connectivity index (χ1v) is 8.41. The van der Waals surface area contributed by atoms with E-state index in [1.165, 1.54) is 6.33 Å². The van der Waals surface area contributed by atoms with E-state index in [2.05, 4.69) is 27.3 Å². The van der Waals surface area contributed by atoms with E-state index in [1.807, 2.05) is 38.1 Å². The minimum atomic E-state index is 0.529. The summed E-state index contributed by atoms with van der Waals surface area (Å²) in [5.41, 5.74) is 2.75. The molecule has 0 N–H and O–H groups in total. The van der Waals surface area contributed by atoms with E-state index in [0.29, 0.717) is 18.3 Å². The fraction of sp³-hybridized carbons (Fsp3) is 0.333. The van der Waals surface area contributed by atoms with Crippen molar-refractivity contribution in [3.63, 3.8) is 0 Å². The maximum atomic E-state index is 5.67. The highest BCUT2D eigenvalue weighted by Crippen LogP contribution is 2.27. The third kappa shape index (κ3) is 3.74. The lowest BCUT2D eigenvalue weighted by Crippen LogP contribution is -2.06. The Balaban J connectivity index is 1.85. The van der Waals surface area contributed by atoms with Gasteiger partial charge in [-0.15, -0.1) is 10.2 Å². The molecule has 8 heteroatoms. The maximum Gasteiger partial charge on any atom is 0.273 e. The Morgan fingerprint density at radius 2 is 2.04 bits per heavy atom. The second-order valence-electron chi connectivity index (χ2n) is 5.82. The maximum absolute atomic E-state index is 5.67. The Labute approximate surface area is 152 Å². The van der Waals surface area contributed by atoms with Crippen LogP contribution in [0.3, 0.4) is 0 Å². The third-order valence-corrected chi connectivity index (χ3v) is 3.69. The molecule has 0 unspecified atom stereocenters. The highest BCUT2D eigenvalue weighted by molar-refractivity contribution is 5.80. The molecule has 0 amide bonds. The van der Waals surface area contributed by atoms with Crippen LogP contribution in [-0.4, -0.2) is 44.6 Å². The van der Waals surface area contributed by atoms with Crippen molar-refractivity contribution in [3.8, 4) is 17.4 Å². The molecule has 8 nitrogen and oxygen atoms in total. The van der Waals surface area contributed by atoms with Crippen molar-refractivity contribution in [1.29, 1.82) is 0 Å². The molecule has 26 heavy (non-hydrogen) atoms. The number of rotatable bonds is 7. The van der Waals surface area contributed by atoms with Gasteiger partial charge in [-0.25, -0.2) is 4.68 Å². The van der Waals surface area contributed by atoms with Crippen LogP contribution in [0.15, 0.2) is 35.7 Å². The molecule has 2 aromatic heterocycles. The average molecular weight is 354 g/mol. The quantitative estimate of drug-likeness (QED) is 0.610. The van der Waals surface area contributed by atoms with Crippen LogP contribution in [-0.2, 0) is 0 Å². The first-order chi connectivity index (χ1) is 12.6. The fourth-order valence-corrected chi connectivity index (χ4v) is 2.50. The molecular weight excluding hydrogens is 332 g/mol. The van der Waals surface area contributed by atoms with Gasteiger partial charge in [-0.1, -0.05) is 6.92 Å². The van der Waals surface area contributed by atoms with Gasteiger partial charge < -0.3 is 9.47 Å². The van der Waals surface area contributed by atoms with E-state index in [-0.39, 0.29) is 0 Å².